The molecule has 1 unspecified atom stereocenters. The van der Waals surface area contributed by atoms with Crippen LogP contribution in [0, 0.1) is 0 Å². The van der Waals surface area contributed by atoms with E-state index in [2.05, 4.69) is 15.3 Å². The van der Waals surface area contributed by atoms with Crippen molar-refractivity contribution < 1.29 is 37.3 Å². The smallest absolute Gasteiger partial charge is 0.354 e. The van der Waals surface area contributed by atoms with Crippen molar-refractivity contribution in [1.82, 2.24) is 9.97 Å². The van der Waals surface area contributed by atoms with Crippen LogP contribution >= 0.6 is 11.3 Å². The number of benzene rings is 1. The van der Waals surface area contributed by atoms with Gasteiger partial charge in [-0.05, 0) is 49.4 Å². The summed E-state index contributed by atoms with van der Waals surface area (Å²) in [6.07, 6.45) is 4.15. The van der Waals surface area contributed by atoms with Gasteiger partial charge in [-0.3, -0.25) is 10.1 Å². The molecule has 3 heterocycles. The van der Waals surface area contributed by atoms with Crippen molar-refractivity contribution in [2.45, 2.75) is 48.0 Å². The average Bonchev–Trinajstić information content (AvgIpc) is 3.70. The Balaban J connectivity index is 1.31. The van der Waals surface area contributed by atoms with E-state index in [1.165, 1.54) is 36.7 Å². The highest BCUT2D eigenvalue weighted by Gasteiger charge is 2.37. The lowest BCUT2D eigenvalue weighted by molar-refractivity contribution is -0.136. The number of carbonyl (C=O) groups is 2. The molecule has 0 radical (unpaired) electrons. The Kier molecular flexibility index (Phi) is 7.70. The summed E-state index contributed by atoms with van der Waals surface area (Å²) in [6, 6.07) is 9.05. The highest BCUT2D eigenvalue weighted by Crippen LogP contribution is 2.35. The maximum Gasteiger partial charge on any atom is 0.354 e. The van der Waals surface area contributed by atoms with Gasteiger partial charge in [0.15, 0.2) is 26.8 Å². The normalized spacial score (nSPS) is 17.1. The van der Waals surface area contributed by atoms with E-state index in [4.69, 9.17) is 19.3 Å². The molecule has 1 aliphatic carbocycles. The van der Waals surface area contributed by atoms with Crippen LogP contribution in [0.2, 0.25) is 0 Å². The third-order valence-electron chi connectivity index (χ3n) is 6.09. The number of hydrogen-bond acceptors (Lipinski definition) is 10. The highest BCUT2D eigenvalue weighted by atomic mass is 32.2. The Morgan fingerprint density at radius 1 is 1.08 bits per heavy atom. The maximum atomic E-state index is 13.3. The molecular formula is C25H25N3O8S2. The summed E-state index contributed by atoms with van der Waals surface area (Å²) in [5, 5.41) is 12.1. The SMILES string of the molecule is O=C(O)c1cc(Oc2cnc(NC(=O)C(OC3CCOCC3)c3ccc(S(=O)(=O)C4CC4)cc3)s2)ccn1. The number of anilines is 1. The molecule has 2 fully saturated rings. The Morgan fingerprint density at radius 3 is 2.50 bits per heavy atom. The van der Waals surface area contributed by atoms with E-state index in [0.717, 1.165) is 11.3 Å². The molecule has 2 aliphatic rings. The van der Waals surface area contributed by atoms with E-state index in [1.54, 1.807) is 12.1 Å². The number of aromatic carboxylic acids is 1. The van der Waals surface area contributed by atoms with Crippen LogP contribution in [0.5, 0.6) is 10.8 Å². The van der Waals surface area contributed by atoms with Crippen molar-refractivity contribution in [3.63, 3.8) is 0 Å². The van der Waals surface area contributed by atoms with Gasteiger partial charge in [-0.2, -0.15) is 0 Å². The number of carboxylic acids is 1. The van der Waals surface area contributed by atoms with Crippen LogP contribution in [0.15, 0.2) is 53.7 Å². The summed E-state index contributed by atoms with van der Waals surface area (Å²) >= 11 is 1.06. The fraction of sp³-hybridized carbons (Fsp3) is 0.360. The predicted octanol–water partition coefficient (Wildman–Crippen LogP) is 3.84. The molecule has 5 rings (SSSR count). The van der Waals surface area contributed by atoms with Crippen molar-refractivity contribution >= 4 is 38.2 Å². The second-order valence-electron chi connectivity index (χ2n) is 8.90. The number of thiazole rings is 1. The largest absolute Gasteiger partial charge is 0.477 e. The zero-order valence-electron chi connectivity index (χ0n) is 20.1. The lowest BCUT2D eigenvalue weighted by atomic mass is 10.1. The van der Waals surface area contributed by atoms with Crippen LogP contribution in [0.3, 0.4) is 0 Å². The number of nitrogens with zero attached hydrogens (tertiary/aromatic N) is 2. The van der Waals surface area contributed by atoms with Gasteiger partial charge in [0.2, 0.25) is 5.06 Å². The Hall–Kier alpha value is -3.39. The molecule has 0 bridgehead atoms. The zero-order valence-corrected chi connectivity index (χ0v) is 21.7. The molecule has 3 aromatic rings. The molecule has 1 aromatic carbocycles. The minimum Gasteiger partial charge on any atom is -0.477 e. The highest BCUT2D eigenvalue weighted by molar-refractivity contribution is 7.92. The number of aromatic nitrogens is 2. The molecule has 1 atom stereocenters. The maximum absolute atomic E-state index is 13.3. The lowest BCUT2D eigenvalue weighted by Gasteiger charge is -2.27. The summed E-state index contributed by atoms with van der Waals surface area (Å²) in [5.74, 6) is -1.38. The van der Waals surface area contributed by atoms with Crippen molar-refractivity contribution in [3.05, 3.63) is 60.0 Å². The second kappa shape index (κ2) is 11.2. The molecular weight excluding hydrogens is 534 g/mol. The van der Waals surface area contributed by atoms with Crippen LogP contribution in [-0.2, 0) is 24.1 Å². The summed E-state index contributed by atoms with van der Waals surface area (Å²) in [7, 11) is -3.35. The predicted molar refractivity (Wildman–Crippen MR) is 136 cm³/mol. The molecule has 0 spiro atoms. The van der Waals surface area contributed by atoms with E-state index >= 15 is 0 Å². The number of sulfone groups is 1. The number of hydrogen-bond donors (Lipinski definition) is 2. The van der Waals surface area contributed by atoms with Crippen LogP contribution in [0.1, 0.15) is 47.8 Å². The molecule has 1 aliphatic heterocycles. The van der Waals surface area contributed by atoms with Gasteiger partial charge >= 0.3 is 5.97 Å². The number of rotatable bonds is 10. The molecule has 2 aromatic heterocycles. The van der Waals surface area contributed by atoms with Crippen molar-refractivity contribution in [1.29, 1.82) is 0 Å². The monoisotopic (exact) mass is 559 g/mol. The Labute approximate surface area is 222 Å². The van der Waals surface area contributed by atoms with Gasteiger partial charge in [0.05, 0.1) is 22.4 Å². The standard InChI is InChI=1S/C25H25N3O8S2/c29-23(28-25-27-14-21(37-25)35-17-7-10-26-20(13-17)24(30)31)22(36-16-8-11-34-12-9-16)15-1-3-18(4-2-15)38(32,33)19-5-6-19/h1-4,7,10,13-14,16,19,22H,5-6,8-9,11-12H2,(H,30,31)(H,27,28,29). The summed E-state index contributed by atoms with van der Waals surface area (Å²) in [4.78, 5) is 32.6. The van der Waals surface area contributed by atoms with Gasteiger partial charge in [-0.25, -0.2) is 23.2 Å². The first-order valence-electron chi connectivity index (χ1n) is 12.0. The molecule has 200 valence electrons. The first-order chi connectivity index (χ1) is 18.3. The minimum atomic E-state index is -3.35. The average molecular weight is 560 g/mol. The molecule has 1 saturated carbocycles. The van der Waals surface area contributed by atoms with Gasteiger partial charge in [-0.15, -0.1) is 0 Å². The zero-order chi connectivity index (χ0) is 26.7. The van der Waals surface area contributed by atoms with Gasteiger partial charge < -0.3 is 19.3 Å². The Morgan fingerprint density at radius 2 is 1.82 bits per heavy atom. The van der Waals surface area contributed by atoms with E-state index in [9.17, 15) is 18.0 Å². The number of amides is 1. The van der Waals surface area contributed by atoms with Gasteiger partial charge in [0.25, 0.3) is 5.91 Å². The minimum absolute atomic E-state index is 0.162. The topological polar surface area (TPSA) is 154 Å². The van der Waals surface area contributed by atoms with Gasteiger partial charge in [-0.1, -0.05) is 23.5 Å². The second-order valence-corrected chi connectivity index (χ2v) is 12.1. The Bertz CT molecular complexity index is 1410. The molecule has 11 nitrogen and oxygen atoms in total. The molecule has 2 N–H and O–H groups in total. The lowest BCUT2D eigenvalue weighted by Crippen LogP contribution is -2.31. The van der Waals surface area contributed by atoms with E-state index in [1.807, 2.05) is 0 Å². The number of carboxylic acid groups (broad SMARTS) is 1. The third kappa shape index (κ3) is 6.18. The first-order valence-corrected chi connectivity index (χ1v) is 14.4. The van der Waals surface area contributed by atoms with Crippen molar-refractivity contribution in [2.24, 2.45) is 0 Å². The van der Waals surface area contributed by atoms with Gasteiger partial charge in [0.1, 0.15) is 5.75 Å². The van der Waals surface area contributed by atoms with Crippen molar-refractivity contribution in [2.75, 3.05) is 18.5 Å². The molecule has 13 heteroatoms. The van der Waals surface area contributed by atoms with Crippen molar-refractivity contribution in [3.8, 4) is 10.8 Å². The number of pyridine rings is 1. The number of nitrogens with one attached hydrogen (secondary N) is 1. The van der Waals surface area contributed by atoms with Crippen LogP contribution < -0.4 is 10.1 Å². The quantitative estimate of drug-likeness (QED) is 0.374. The van der Waals surface area contributed by atoms with E-state index < -0.39 is 27.8 Å². The van der Waals surface area contributed by atoms with Crippen LogP contribution in [-0.4, -0.2) is 59.9 Å². The number of ether oxygens (including phenoxy) is 3. The molecule has 1 saturated heterocycles. The number of carbonyl (C=O) groups excluding carboxylic acids is 1. The summed E-state index contributed by atoms with van der Waals surface area (Å²) in [5.41, 5.74) is 0.361. The third-order valence-corrected chi connectivity index (χ3v) is 9.16. The molecule has 1 amide bonds. The van der Waals surface area contributed by atoms with Crippen LogP contribution in [0.25, 0.3) is 0 Å². The summed E-state index contributed by atoms with van der Waals surface area (Å²) < 4.78 is 42.4. The first kappa shape index (κ1) is 26.2. The van der Waals surface area contributed by atoms with Crippen LogP contribution in [0.4, 0.5) is 5.13 Å². The van der Waals surface area contributed by atoms with E-state index in [-0.39, 0.29) is 32.8 Å². The fourth-order valence-corrected chi connectivity index (χ4v) is 6.29. The summed E-state index contributed by atoms with van der Waals surface area (Å²) in [6.45, 7) is 1.06. The molecule has 38 heavy (non-hydrogen) atoms. The van der Waals surface area contributed by atoms with Gasteiger partial charge in [0, 0.05) is 25.5 Å². The van der Waals surface area contributed by atoms with E-state index in [0.29, 0.717) is 49.5 Å². The fourth-order valence-electron chi connectivity index (χ4n) is 3.94.